The smallest absolute Gasteiger partial charge is 0.383 e. The van der Waals surface area contributed by atoms with Gasteiger partial charge < -0.3 is 10.0 Å². The number of aromatic nitrogens is 2. The van der Waals surface area contributed by atoms with Crippen LogP contribution in [0.25, 0.3) is 0 Å². The highest BCUT2D eigenvalue weighted by Gasteiger charge is 2.37. The zero-order valence-electron chi connectivity index (χ0n) is 13.2. The molecule has 0 radical (unpaired) electrons. The van der Waals surface area contributed by atoms with E-state index in [1.807, 2.05) is 13.0 Å². The lowest BCUT2D eigenvalue weighted by Crippen LogP contribution is -2.43. The van der Waals surface area contributed by atoms with Crippen molar-refractivity contribution in [2.75, 3.05) is 18.0 Å². The molecule has 3 heterocycles. The average molecular weight is 337 g/mol. The number of aryl methyl sites for hydroxylation is 1. The first-order valence-corrected chi connectivity index (χ1v) is 7.73. The summed E-state index contributed by atoms with van der Waals surface area (Å²) in [5.41, 5.74) is -0.343. The summed E-state index contributed by atoms with van der Waals surface area (Å²) in [5, 5.41) is 10.8. The molecule has 0 aliphatic carbocycles. The number of hydrogen-bond acceptors (Lipinski definition) is 4. The third kappa shape index (κ3) is 3.36. The number of nitrogens with zero attached hydrogens (tertiary/aromatic N) is 3. The maximum absolute atomic E-state index is 12.8. The predicted octanol–water partition coefficient (Wildman–Crippen LogP) is 3.29. The van der Waals surface area contributed by atoms with E-state index in [2.05, 4.69) is 9.97 Å². The van der Waals surface area contributed by atoms with Crippen LogP contribution in [0.1, 0.15) is 29.8 Å². The lowest BCUT2D eigenvalue weighted by atomic mass is 9.87. The van der Waals surface area contributed by atoms with Crippen LogP contribution in [0, 0.1) is 6.92 Å². The first-order valence-electron chi connectivity index (χ1n) is 7.73. The van der Waals surface area contributed by atoms with Crippen LogP contribution in [0.4, 0.5) is 19.0 Å². The van der Waals surface area contributed by atoms with Gasteiger partial charge in [-0.1, -0.05) is 12.1 Å². The van der Waals surface area contributed by atoms with E-state index in [4.69, 9.17) is 0 Å². The van der Waals surface area contributed by atoms with Gasteiger partial charge in [0.25, 0.3) is 0 Å². The topological polar surface area (TPSA) is 49.2 Å². The third-order valence-corrected chi connectivity index (χ3v) is 4.33. The molecule has 1 saturated heterocycles. The van der Waals surface area contributed by atoms with Crippen LogP contribution < -0.4 is 4.90 Å². The molecule has 24 heavy (non-hydrogen) atoms. The molecule has 0 bridgehead atoms. The maximum atomic E-state index is 12.8. The van der Waals surface area contributed by atoms with Crippen molar-refractivity contribution < 1.29 is 18.3 Å². The normalized spacial score (nSPS) is 17.8. The maximum Gasteiger partial charge on any atom is 0.433 e. The van der Waals surface area contributed by atoms with E-state index < -0.39 is 17.5 Å². The van der Waals surface area contributed by atoms with E-state index in [0.29, 0.717) is 31.6 Å². The number of aliphatic hydroxyl groups is 1. The molecule has 1 N–H and O–H groups in total. The number of pyridine rings is 2. The van der Waals surface area contributed by atoms with Crippen LogP contribution in [0.3, 0.4) is 0 Å². The van der Waals surface area contributed by atoms with E-state index in [1.54, 1.807) is 23.2 Å². The van der Waals surface area contributed by atoms with Crippen molar-refractivity contribution in [2.24, 2.45) is 0 Å². The Bertz CT molecular complexity index is 708. The van der Waals surface area contributed by atoms with Crippen molar-refractivity contribution in [3.8, 4) is 0 Å². The number of halogens is 3. The third-order valence-electron chi connectivity index (χ3n) is 4.33. The van der Waals surface area contributed by atoms with Crippen LogP contribution in [0.2, 0.25) is 0 Å². The molecular weight excluding hydrogens is 319 g/mol. The molecule has 0 unspecified atom stereocenters. The summed E-state index contributed by atoms with van der Waals surface area (Å²) < 4.78 is 38.3. The highest BCUT2D eigenvalue weighted by Crippen LogP contribution is 2.34. The minimum atomic E-state index is -4.46. The molecule has 0 spiro atoms. The van der Waals surface area contributed by atoms with Crippen molar-refractivity contribution >= 4 is 5.82 Å². The van der Waals surface area contributed by atoms with Gasteiger partial charge in [0.1, 0.15) is 17.1 Å². The van der Waals surface area contributed by atoms with Crippen molar-refractivity contribution in [1.29, 1.82) is 0 Å². The average Bonchev–Trinajstić information content (AvgIpc) is 2.55. The highest BCUT2D eigenvalue weighted by molar-refractivity contribution is 5.41. The number of anilines is 1. The molecule has 0 atom stereocenters. The van der Waals surface area contributed by atoms with Gasteiger partial charge in [0.05, 0.1) is 5.69 Å². The van der Waals surface area contributed by atoms with E-state index in [0.717, 1.165) is 11.6 Å². The van der Waals surface area contributed by atoms with Crippen LogP contribution >= 0.6 is 0 Å². The van der Waals surface area contributed by atoms with Gasteiger partial charge in [-0.3, -0.25) is 4.98 Å². The second-order valence-electron chi connectivity index (χ2n) is 6.12. The second kappa shape index (κ2) is 6.05. The molecule has 0 saturated carbocycles. The fraction of sp³-hybridized carbons (Fsp3) is 0.412. The summed E-state index contributed by atoms with van der Waals surface area (Å²) in [6, 6.07) is 7.56. The summed E-state index contributed by atoms with van der Waals surface area (Å²) in [6.07, 6.45) is -1.98. The van der Waals surface area contributed by atoms with Crippen molar-refractivity contribution in [2.45, 2.75) is 31.5 Å². The molecule has 0 amide bonds. The molecule has 2 aromatic rings. The molecule has 1 fully saturated rings. The summed E-state index contributed by atoms with van der Waals surface area (Å²) >= 11 is 0. The van der Waals surface area contributed by atoms with E-state index in [-0.39, 0.29) is 5.82 Å². The van der Waals surface area contributed by atoms with Gasteiger partial charge in [-0.05, 0) is 43.5 Å². The summed E-state index contributed by atoms with van der Waals surface area (Å²) in [4.78, 5) is 9.75. The monoisotopic (exact) mass is 337 g/mol. The van der Waals surface area contributed by atoms with Gasteiger partial charge in [-0.15, -0.1) is 0 Å². The fourth-order valence-electron chi connectivity index (χ4n) is 2.86. The first-order chi connectivity index (χ1) is 11.3. The second-order valence-corrected chi connectivity index (χ2v) is 6.12. The fourth-order valence-corrected chi connectivity index (χ4v) is 2.86. The van der Waals surface area contributed by atoms with Gasteiger partial charge in [-0.2, -0.15) is 13.2 Å². The Hall–Kier alpha value is -2.15. The minimum absolute atomic E-state index is 0.281. The quantitative estimate of drug-likeness (QED) is 0.914. The summed E-state index contributed by atoms with van der Waals surface area (Å²) in [7, 11) is 0. The summed E-state index contributed by atoms with van der Waals surface area (Å²) in [5.74, 6) is 0.281. The molecule has 3 rings (SSSR count). The van der Waals surface area contributed by atoms with E-state index >= 15 is 0 Å². The molecule has 4 nitrogen and oxygen atoms in total. The van der Waals surface area contributed by atoms with Crippen molar-refractivity contribution in [3.05, 3.63) is 53.5 Å². The van der Waals surface area contributed by atoms with Gasteiger partial charge >= 0.3 is 6.18 Å². The zero-order chi connectivity index (χ0) is 17.4. The Labute approximate surface area is 138 Å². The zero-order valence-corrected chi connectivity index (χ0v) is 13.2. The Balaban J connectivity index is 1.74. The van der Waals surface area contributed by atoms with Crippen molar-refractivity contribution in [3.63, 3.8) is 0 Å². The minimum Gasteiger partial charge on any atom is -0.383 e. The predicted molar refractivity (Wildman–Crippen MR) is 83.6 cm³/mol. The van der Waals surface area contributed by atoms with Crippen molar-refractivity contribution in [1.82, 2.24) is 9.97 Å². The molecule has 2 aromatic heterocycles. The molecule has 128 valence electrons. The van der Waals surface area contributed by atoms with Gasteiger partial charge in [-0.25, -0.2) is 4.98 Å². The first kappa shape index (κ1) is 16.7. The van der Waals surface area contributed by atoms with Gasteiger partial charge in [0, 0.05) is 19.3 Å². The van der Waals surface area contributed by atoms with E-state index in [1.165, 1.54) is 6.07 Å². The highest BCUT2D eigenvalue weighted by atomic mass is 19.4. The molecular formula is C17H18F3N3O. The molecule has 0 aromatic carbocycles. The largest absolute Gasteiger partial charge is 0.433 e. The Morgan fingerprint density at radius 1 is 1.12 bits per heavy atom. The number of rotatable bonds is 2. The number of piperidine rings is 1. The number of alkyl halides is 3. The standard InChI is InChI=1S/C17H18F3N3O/c1-12-5-6-13(21-11-12)16(24)7-9-23(10-8-16)15-4-2-3-14(22-15)17(18,19)20/h2-6,11,24H,7-10H2,1H3. The molecule has 7 heteroatoms. The molecule has 1 aliphatic heterocycles. The Morgan fingerprint density at radius 2 is 1.83 bits per heavy atom. The lowest BCUT2D eigenvalue weighted by molar-refractivity contribution is -0.141. The van der Waals surface area contributed by atoms with Crippen LogP contribution in [0.15, 0.2) is 36.5 Å². The SMILES string of the molecule is Cc1ccc(C2(O)CCN(c3cccc(C(F)(F)F)n3)CC2)nc1. The van der Waals surface area contributed by atoms with Gasteiger partial charge in [0.2, 0.25) is 0 Å². The number of hydrogen-bond donors (Lipinski definition) is 1. The van der Waals surface area contributed by atoms with Gasteiger partial charge in [0.15, 0.2) is 0 Å². The van der Waals surface area contributed by atoms with E-state index in [9.17, 15) is 18.3 Å². The Morgan fingerprint density at radius 3 is 2.42 bits per heavy atom. The molecule has 1 aliphatic rings. The summed E-state index contributed by atoms with van der Waals surface area (Å²) in [6.45, 7) is 2.75. The Kier molecular flexibility index (Phi) is 4.21. The van der Waals surface area contributed by atoms with Crippen LogP contribution in [-0.2, 0) is 11.8 Å². The van der Waals surface area contributed by atoms with Crippen LogP contribution in [-0.4, -0.2) is 28.2 Å². The van der Waals surface area contributed by atoms with Crippen LogP contribution in [0.5, 0.6) is 0 Å². The lowest BCUT2D eigenvalue weighted by Gasteiger charge is -2.38.